The van der Waals surface area contributed by atoms with E-state index in [2.05, 4.69) is 42.2 Å². The Balaban J connectivity index is 1.55. The van der Waals surface area contributed by atoms with E-state index in [9.17, 15) is 0 Å². The maximum atomic E-state index is 6.28. The van der Waals surface area contributed by atoms with E-state index in [1.54, 1.807) is 6.20 Å². The molecular formula is C20H19NO2S. The van der Waals surface area contributed by atoms with E-state index < -0.39 is 0 Å². The van der Waals surface area contributed by atoms with Gasteiger partial charge in [0, 0.05) is 11.6 Å². The average Bonchev–Trinajstić information content (AvgIpc) is 3.14. The molecule has 2 aromatic carbocycles. The number of rotatable bonds is 4. The highest BCUT2D eigenvalue weighted by atomic mass is 32.1. The first-order chi connectivity index (χ1) is 11.8. The van der Waals surface area contributed by atoms with E-state index in [0.29, 0.717) is 5.19 Å². The van der Waals surface area contributed by atoms with Gasteiger partial charge >= 0.3 is 0 Å². The summed E-state index contributed by atoms with van der Waals surface area (Å²) in [6, 6.07) is 14.6. The summed E-state index contributed by atoms with van der Waals surface area (Å²) in [7, 11) is 0. The molecule has 0 aliphatic carbocycles. The Morgan fingerprint density at radius 1 is 1.25 bits per heavy atom. The molecule has 0 saturated carbocycles. The molecule has 4 rings (SSSR count). The number of hydrogen-bond donors (Lipinski definition) is 0. The van der Waals surface area contributed by atoms with Crippen LogP contribution in [-0.2, 0) is 12.8 Å². The van der Waals surface area contributed by atoms with E-state index in [1.165, 1.54) is 28.0 Å². The van der Waals surface area contributed by atoms with Gasteiger partial charge in [-0.3, -0.25) is 0 Å². The van der Waals surface area contributed by atoms with E-state index in [4.69, 9.17) is 9.47 Å². The van der Waals surface area contributed by atoms with Gasteiger partial charge in [0.25, 0.3) is 5.19 Å². The number of fused-ring (bicyclic) bond motifs is 1. The van der Waals surface area contributed by atoms with Crippen LogP contribution < -0.4 is 9.47 Å². The fourth-order valence-corrected chi connectivity index (χ4v) is 3.68. The van der Waals surface area contributed by atoms with Gasteiger partial charge in [-0.15, -0.1) is 0 Å². The maximum absolute atomic E-state index is 6.28. The predicted molar refractivity (Wildman–Crippen MR) is 96.1 cm³/mol. The number of ether oxygens (including phenoxy) is 2. The Morgan fingerprint density at radius 3 is 3.00 bits per heavy atom. The molecule has 1 unspecified atom stereocenters. The largest absolute Gasteiger partial charge is 0.485 e. The number of aryl methyl sites for hydroxylation is 2. The van der Waals surface area contributed by atoms with Gasteiger partial charge in [0.2, 0.25) is 0 Å². The minimum absolute atomic E-state index is 0.138. The zero-order chi connectivity index (χ0) is 16.4. The van der Waals surface area contributed by atoms with Crippen LogP contribution in [0.1, 0.15) is 36.1 Å². The average molecular weight is 337 g/mol. The molecule has 0 saturated heterocycles. The summed E-state index contributed by atoms with van der Waals surface area (Å²) in [6.07, 6.45) is 4.90. The van der Waals surface area contributed by atoms with Crippen molar-refractivity contribution < 1.29 is 9.47 Å². The highest BCUT2D eigenvalue weighted by molar-refractivity contribution is 7.11. The van der Waals surface area contributed by atoms with Crippen molar-refractivity contribution in [2.24, 2.45) is 0 Å². The van der Waals surface area contributed by atoms with Gasteiger partial charge in [-0.25, -0.2) is 4.98 Å². The second kappa shape index (κ2) is 6.65. The molecule has 3 aromatic rings. The lowest BCUT2D eigenvalue weighted by atomic mass is 9.93. The summed E-state index contributed by atoms with van der Waals surface area (Å²) < 4.78 is 12.1. The molecule has 2 heterocycles. The van der Waals surface area contributed by atoms with Crippen LogP contribution in [0.15, 0.2) is 54.0 Å². The van der Waals surface area contributed by atoms with E-state index in [-0.39, 0.29) is 6.10 Å². The Bertz CT molecular complexity index is 829. The van der Waals surface area contributed by atoms with Crippen LogP contribution in [0, 0.1) is 0 Å². The summed E-state index contributed by atoms with van der Waals surface area (Å²) in [6.45, 7) is 2.19. The van der Waals surface area contributed by atoms with Gasteiger partial charge in [-0.2, -0.15) is 0 Å². The lowest BCUT2D eigenvalue weighted by Gasteiger charge is -2.28. The van der Waals surface area contributed by atoms with Crippen LogP contribution >= 0.6 is 11.3 Å². The van der Waals surface area contributed by atoms with Gasteiger partial charge in [-0.1, -0.05) is 42.5 Å². The summed E-state index contributed by atoms with van der Waals surface area (Å²) in [5.41, 5.74) is 3.89. The molecule has 4 heteroatoms. The Labute approximate surface area is 145 Å². The number of benzene rings is 2. The minimum atomic E-state index is 0.138. The molecule has 0 bridgehead atoms. The van der Waals surface area contributed by atoms with Gasteiger partial charge in [0.05, 0.1) is 0 Å². The number of aromatic nitrogens is 1. The smallest absolute Gasteiger partial charge is 0.278 e. The zero-order valence-electron chi connectivity index (χ0n) is 13.6. The predicted octanol–water partition coefficient (Wildman–Crippen LogP) is 5.56. The molecule has 0 N–H and O–H groups in total. The highest BCUT2D eigenvalue weighted by Gasteiger charge is 2.23. The molecule has 1 aromatic heterocycles. The number of thiazole rings is 1. The molecule has 3 nitrogen and oxygen atoms in total. The first kappa shape index (κ1) is 15.2. The molecule has 1 aliphatic rings. The van der Waals surface area contributed by atoms with Crippen molar-refractivity contribution in [1.29, 1.82) is 0 Å². The van der Waals surface area contributed by atoms with Crippen LogP contribution in [0.3, 0.4) is 0 Å². The quantitative estimate of drug-likeness (QED) is 0.624. The van der Waals surface area contributed by atoms with Crippen LogP contribution in [0.25, 0.3) is 0 Å². The second-order valence-electron chi connectivity index (χ2n) is 5.87. The lowest BCUT2D eigenvalue weighted by molar-refractivity contribution is 0.175. The van der Waals surface area contributed by atoms with Crippen LogP contribution in [-0.4, -0.2) is 4.98 Å². The van der Waals surface area contributed by atoms with Crippen molar-refractivity contribution in [3.8, 4) is 16.7 Å². The summed E-state index contributed by atoms with van der Waals surface area (Å²) in [5.74, 6) is 1.78. The normalized spacial score (nSPS) is 16.3. The molecular weight excluding hydrogens is 318 g/mol. The molecule has 122 valence electrons. The summed E-state index contributed by atoms with van der Waals surface area (Å²) in [5, 5.41) is 2.58. The molecule has 0 spiro atoms. The number of hydrogen-bond acceptors (Lipinski definition) is 4. The SMILES string of the molecule is CCc1ccccc1C1CCc2cc(Oc3nccs3)ccc2O1. The highest BCUT2D eigenvalue weighted by Crippen LogP contribution is 2.38. The van der Waals surface area contributed by atoms with Gasteiger partial charge in [-0.05, 0) is 54.2 Å². The molecule has 0 amide bonds. The molecule has 24 heavy (non-hydrogen) atoms. The fraction of sp³-hybridized carbons (Fsp3) is 0.250. The van der Waals surface area contributed by atoms with Gasteiger partial charge in [0.1, 0.15) is 17.6 Å². The van der Waals surface area contributed by atoms with Crippen molar-refractivity contribution in [1.82, 2.24) is 4.98 Å². The van der Waals surface area contributed by atoms with Gasteiger partial charge in [0.15, 0.2) is 0 Å². The van der Waals surface area contributed by atoms with Crippen molar-refractivity contribution in [2.75, 3.05) is 0 Å². The van der Waals surface area contributed by atoms with Crippen LogP contribution in [0.4, 0.5) is 0 Å². The standard InChI is InChI=1S/C20H19NO2S/c1-2-14-5-3-4-6-17(14)19-9-7-15-13-16(8-10-18(15)23-19)22-20-21-11-12-24-20/h3-6,8,10-13,19H,2,7,9H2,1H3. The van der Waals surface area contributed by atoms with E-state index >= 15 is 0 Å². The monoisotopic (exact) mass is 337 g/mol. The molecule has 1 aliphatic heterocycles. The summed E-state index contributed by atoms with van der Waals surface area (Å²) >= 11 is 1.49. The van der Waals surface area contributed by atoms with Crippen molar-refractivity contribution in [2.45, 2.75) is 32.3 Å². The molecule has 0 radical (unpaired) electrons. The Hall–Kier alpha value is -2.33. The van der Waals surface area contributed by atoms with Crippen molar-refractivity contribution >= 4 is 11.3 Å². The van der Waals surface area contributed by atoms with E-state index in [0.717, 1.165) is 30.8 Å². The maximum Gasteiger partial charge on any atom is 0.278 e. The Morgan fingerprint density at radius 2 is 2.17 bits per heavy atom. The topological polar surface area (TPSA) is 31.4 Å². The number of nitrogens with zero attached hydrogens (tertiary/aromatic N) is 1. The summed E-state index contributed by atoms with van der Waals surface area (Å²) in [4.78, 5) is 4.16. The third kappa shape index (κ3) is 3.02. The first-order valence-corrected chi connectivity index (χ1v) is 9.16. The first-order valence-electron chi connectivity index (χ1n) is 8.28. The third-order valence-corrected chi connectivity index (χ3v) is 5.02. The Kier molecular flexibility index (Phi) is 4.22. The van der Waals surface area contributed by atoms with Crippen molar-refractivity contribution in [3.63, 3.8) is 0 Å². The van der Waals surface area contributed by atoms with Crippen molar-refractivity contribution in [3.05, 3.63) is 70.7 Å². The zero-order valence-corrected chi connectivity index (χ0v) is 14.4. The van der Waals surface area contributed by atoms with Crippen LogP contribution in [0.2, 0.25) is 0 Å². The fourth-order valence-electron chi connectivity index (χ4n) is 3.18. The van der Waals surface area contributed by atoms with Crippen LogP contribution in [0.5, 0.6) is 16.7 Å². The molecule has 1 atom stereocenters. The lowest BCUT2D eigenvalue weighted by Crippen LogP contribution is -2.16. The van der Waals surface area contributed by atoms with E-state index in [1.807, 2.05) is 17.5 Å². The second-order valence-corrected chi connectivity index (χ2v) is 6.72. The third-order valence-electron chi connectivity index (χ3n) is 4.37. The minimum Gasteiger partial charge on any atom is -0.485 e. The molecule has 0 fully saturated rings. The van der Waals surface area contributed by atoms with Gasteiger partial charge < -0.3 is 9.47 Å².